The molecule has 1 aromatic carbocycles. The van der Waals surface area contributed by atoms with E-state index < -0.39 is 31.7 Å². The first kappa shape index (κ1) is 17.8. The van der Waals surface area contributed by atoms with E-state index in [1.54, 1.807) is 0 Å². The number of nitrogens with one attached hydrogen (secondary N) is 1. The van der Waals surface area contributed by atoms with Crippen LogP contribution < -0.4 is 4.72 Å². The van der Waals surface area contributed by atoms with Crippen LogP contribution in [0.2, 0.25) is 10.0 Å². The van der Waals surface area contributed by atoms with Crippen LogP contribution in [0, 0.1) is 6.92 Å². The monoisotopic (exact) mass is 384 g/mol. The van der Waals surface area contributed by atoms with Gasteiger partial charge in [-0.2, -0.15) is 13.2 Å². The van der Waals surface area contributed by atoms with Crippen molar-refractivity contribution in [2.24, 2.45) is 0 Å². The van der Waals surface area contributed by atoms with Crippen molar-refractivity contribution in [2.75, 3.05) is 4.72 Å². The minimum absolute atomic E-state index is 0.0704. The van der Waals surface area contributed by atoms with Crippen molar-refractivity contribution in [3.8, 4) is 0 Å². The number of alkyl halides is 3. The summed E-state index contributed by atoms with van der Waals surface area (Å²) in [6.45, 7) is 1.52. The van der Waals surface area contributed by atoms with E-state index in [1.807, 2.05) is 0 Å². The Labute approximate surface area is 140 Å². The molecule has 0 saturated carbocycles. The molecule has 23 heavy (non-hydrogen) atoms. The van der Waals surface area contributed by atoms with Gasteiger partial charge in [-0.3, -0.25) is 9.71 Å². The Morgan fingerprint density at radius 1 is 1.17 bits per heavy atom. The zero-order valence-electron chi connectivity index (χ0n) is 11.4. The summed E-state index contributed by atoms with van der Waals surface area (Å²) in [4.78, 5) is 3.29. The number of nitrogens with zero attached hydrogens (tertiary/aromatic N) is 1. The highest BCUT2D eigenvalue weighted by atomic mass is 35.5. The lowest BCUT2D eigenvalue weighted by Crippen LogP contribution is -2.16. The zero-order chi connectivity index (χ0) is 17.4. The number of rotatable bonds is 3. The molecule has 0 saturated heterocycles. The van der Waals surface area contributed by atoms with Crippen LogP contribution in [0.4, 0.5) is 18.9 Å². The molecule has 0 fully saturated rings. The average Bonchev–Trinajstić information content (AvgIpc) is 2.41. The lowest BCUT2D eigenvalue weighted by atomic mass is 10.2. The van der Waals surface area contributed by atoms with Crippen molar-refractivity contribution in [3.63, 3.8) is 0 Å². The molecule has 1 N–H and O–H groups in total. The molecule has 4 nitrogen and oxygen atoms in total. The summed E-state index contributed by atoms with van der Waals surface area (Å²) in [5, 5.41) is -0.405. The van der Waals surface area contributed by atoms with Gasteiger partial charge in [0.1, 0.15) is 0 Å². The van der Waals surface area contributed by atoms with Gasteiger partial charge >= 0.3 is 6.18 Å². The molecule has 0 unspecified atom stereocenters. The average molecular weight is 385 g/mol. The van der Waals surface area contributed by atoms with Crippen molar-refractivity contribution in [3.05, 3.63) is 51.8 Å². The van der Waals surface area contributed by atoms with Crippen molar-refractivity contribution in [2.45, 2.75) is 18.0 Å². The molecule has 124 valence electrons. The van der Waals surface area contributed by atoms with Crippen LogP contribution in [0.25, 0.3) is 0 Å². The Morgan fingerprint density at radius 3 is 2.43 bits per heavy atom. The Balaban J connectivity index is 2.46. The van der Waals surface area contributed by atoms with Gasteiger partial charge in [-0.1, -0.05) is 23.2 Å². The van der Waals surface area contributed by atoms with Crippen LogP contribution in [0.5, 0.6) is 0 Å². The maximum absolute atomic E-state index is 12.8. The second-order valence-electron chi connectivity index (χ2n) is 4.53. The molecule has 0 bridgehead atoms. The highest BCUT2D eigenvalue weighted by Gasteiger charge is 2.34. The smallest absolute Gasteiger partial charge is 0.278 e. The van der Waals surface area contributed by atoms with Gasteiger partial charge in [-0.25, -0.2) is 8.42 Å². The number of sulfonamides is 1. The minimum atomic E-state index is -4.77. The molecule has 0 radical (unpaired) electrons. The third-order valence-electron chi connectivity index (χ3n) is 2.85. The van der Waals surface area contributed by atoms with Gasteiger partial charge in [-0.05, 0) is 31.2 Å². The second-order valence-corrected chi connectivity index (χ2v) is 7.06. The van der Waals surface area contributed by atoms with Gasteiger partial charge in [0.25, 0.3) is 10.0 Å². The van der Waals surface area contributed by atoms with E-state index in [1.165, 1.54) is 19.2 Å². The van der Waals surface area contributed by atoms with Gasteiger partial charge in [-0.15, -0.1) is 0 Å². The molecule has 0 aliphatic rings. The lowest BCUT2D eigenvalue weighted by molar-refractivity contribution is -0.137. The molecule has 0 aliphatic heterocycles. The Bertz CT molecular complexity index is 855. The number of halogens is 5. The summed E-state index contributed by atoms with van der Waals surface area (Å²) in [5.74, 6) is 0. The van der Waals surface area contributed by atoms with Crippen LogP contribution in [0.15, 0.2) is 35.4 Å². The molecule has 0 amide bonds. The molecule has 2 rings (SSSR count). The van der Waals surface area contributed by atoms with Crippen molar-refractivity contribution in [1.82, 2.24) is 4.98 Å². The van der Waals surface area contributed by atoms with Crippen molar-refractivity contribution < 1.29 is 21.6 Å². The van der Waals surface area contributed by atoms with Gasteiger partial charge < -0.3 is 0 Å². The Hall–Kier alpha value is -1.51. The molecule has 0 atom stereocenters. The predicted octanol–water partition coefficient (Wildman–Crippen LogP) is 4.52. The van der Waals surface area contributed by atoms with E-state index in [0.29, 0.717) is 11.8 Å². The Morgan fingerprint density at radius 2 is 1.83 bits per heavy atom. The van der Waals surface area contributed by atoms with Gasteiger partial charge in [0, 0.05) is 6.20 Å². The first-order chi connectivity index (χ1) is 10.5. The van der Waals surface area contributed by atoms with Crippen LogP contribution in [0.1, 0.15) is 11.3 Å². The summed E-state index contributed by atoms with van der Waals surface area (Å²) >= 11 is 11.2. The molecular formula is C13H9Cl2F3N2O2S. The second kappa shape index (κ2) is 6.18. The molecule has 10 heteroatoms. The largest absolute Gasteiger partial charge is 0.417 e. The first-order valence-corrected chi connectivity index (χ1v) is 8.26. The fourth-order valence-corrected chi connectivity index (χ4v) is 3.22. The summed E-state index contributed by atoms with van der Waals surface area (Å²) in [5.41, 5.74) is -0.841. The summed E-state index contributed by atoms with van der Waals surface area (Å²) in [6.07, 6.45) is -3.45. The number of aromatic nitrogens is 1. The minimum Gasteiger partial charge on any atom is -0.278 e. The number of hydrogen-bond acceptors (Lipinski definition) is 3. The maximum Gasteiger partial charge on any atom is 0.417 e. The molecule has 2 aromatic rings. The molecular weight excluding hydrogens is 376 g/mol. The maximum atomic E-state index is 12.8. The van der Waals surface area contributed by atoms with E-state index >= 15 is 0 Å². The van der Waals surface area contributed by atoms with Crippen LogP contribution >= 0.6 is 23.2 Å². The molecule has 1 aromatic heterocycles. The Kier molecular flexibility index (Phi) is 4.79. The fraction of sp³-hybridized carbons (Fsp3) is 0.154. The number of pyridine rings is 1. The van der Waals surface area contributed by atoms with Crippen molar-refractivity contribution >= 4 is 38.9 Å². The standard InChI is InChI=1S/C13H9Cl2F3N2O2S/c1-7-12(4-8(14)6-19-7)20-23(21,22)9-2-3-11(15)10(5-9)13(16,17)18/h2-6,20H,1H3. The number of anilines is 1. The SMILES string of the molecule is Cc1ncc(Cl)cc1NS(=O)(=O)c1ccc(Cl)c(C(F)(F)F)c1. The zero-order valence-corrected chi connectivity index (χ0v) is 13.8. The fourth-order valence-electron chi connectivity index (χ4n) is 1.70. The third kappa shape index (κ3) is 4.07. The number of hydrogen-bond donors (Lipinski definition) is 1. The van der Waals surface area contributed by atoms with Gasteiger partial charge in [0.15, 0.2) is 0 Å². The molecule has 0 spiro atoms. The first-order valence-electron chi connectivity index (χ1n) is 6.02. The third-order valence-corrected chi connectivity index (χ3v) is 4.75. The van der Waals surface area contributed by atoms with Crippen LogP contribution in [-0.2, 0) is 16.2 Å². The van der Waals surface area contributed by atoms with E-state index in [2.05, 4.69) is 9.71 Å². The summed E-state index contributed by atoms with van der Waals surface area (Å²) in [6, 6.07) is 3.63. The molecule has 0 aliphatic carbocycles. The molecule has 1 heterocycles. The van der Waals surface area contributed by atoms with Crippen LogP contribution in [-0.4, -0.2) is 13.4 Å². The van der Waals surface area contributed by atoms with E-state index in [9.17, 15) is 21.6 Å². The lowest BCUT2D eigenvalue weighted by Gasteiger charge is -2.13. The summed E-state index contributed by atoms with van der Waals surface area (Å²) in [7, 11) is -4.26. The topological polar surface area (TPSA) is 59.1 Å². The van der Waals surface area contributed by atoms with Crippen molar-refractivity contribution in [1.29, 1.82) is 0 Å². The van der Waals surface area contributed by atoms with Gasteiger partial charge in [0.2, 0.25) is 0 Å². The quantitative estimate of drug-likeness (QED) is 0.846. The number of aryl methyl sites for hydroxylation is 1. The highest BCUT2D eigenvalue weighted by molar-refractivity contribution is 7.92. The van der Waals surface area contributed by atoms with E-state index in [4.69, 9.17) is 23.2 Å². The normalized spacial score (nSPS) is 12.3. The summed E-state index contributed by atoms with van der Waals surface area (Å²) < 4.78 is 65.2. The predicted molar refractivity (Wildman–Crippen MR) is 81.2 cm³/mol. The number of benzene rings is 1. The highest BCUT2D eigenvalue weighted by Crippen LogP contribution is 2.36. The van der Waals surface area contributed by atoms with Crippen LogP contribution in [0.3, 0.4) is 0 Å². The van der Waals surface area contributed by atoms with E-state index in [0.717, 1.165) is 12.1 Å². The van der Waals surface area contributed by atoms with E-state index in [-0.39, 0.29) is 10.7 Å². The van der Waals surface area contributed by atoms with Gasteiger partial charge in [0.05, 0.1) is 31.9 Å².